The van der Waals surface area contributed by atoms with Crippen molar-refractivity contribution in [3.8, 4) is 0 Å². The molecule has 1 aliphatic rings. The Balaban J connectivity index is 1.94. The molecule has 1 aliphatic heterocycles. The minimum absolute atomic E-state index is 0.138. The molecule has 2 rings (SSSR count). The van der Waals surface area contributed by atoms with Gasteiger partial charge >= 0.3 is 0 Å². The highest BCUT2D eigenvalue weighted by atomic mass is 16.2. The van der Waals surface area contributed by atoms with Crippen molar-refractivity contribution >= 4 is 17.3 Å². The van der Waals surface area contributed by atoms with E-state index < -0.39 is 0 Å². The maximum atomic E-state index is 12.1. The molecule has 1 unspecified atom stereocenters. The van der Waals surface area contributed by atoms with Crippen molar-refractivity contribution in [1.82, 2.24) is 4.90 Å². The topological polar surface area (TPSA) is 49.6 Å². The number of piperazine rings is 1. The molecular weight excluding hydrogens is 238 g/mol. The van der Waals surface area contributed by atoms with Gasteiger partial charge in [0.05, 0.1) is 0 Å². The van der Waals surface area contributed by atoms with E-state index in [0.717, 1.165) is 44.0 Å². The molecule has 4 nitrogen and oxygen atoms in total. The number of rotatable bonds is 3. The van der Waals surface area contributed by atoms with Crippen LogP contribution >= 0.6 is 0 Å². The van der Waals surface area contributed by atoms with Gasteiger partial charge in [0.1, 0.15) is 0 Å². The fraction of sp³-hybridized carbons (Fsp3) is 0.533. The lowest BCUT2D eigenvalue weighted by Crippen LogP contribution is -2.50. The Bertz CT molecular complexity index is 439. The summed E-state index contributed by atoms with van der Waals surface area (Å²) in [5.41, 5.74) is 7.74. The summed E-state index contributed by atoms with van der Waals surface area (Å²) in [4.78, 5) is 16.4. The van der Waals surface area contributed by atoms with Crippen LogP contribution in [0.3, 0.4) is 0 Å². The lowest BCUT2D eigenvalue weighted by atomic mass is 10.1. The Labute approximate surface area is 115 Å². The number of benzene rings is 1. The molecule has 1 amide bonds. The van der Waals surface area contributed by atoms with Crippen molar-refractivity contribution in [3.63, 3.8) is 0 Å². The highest BCUT2D eigenvalue weighted by Crippen LogP contribution is 2.20. The van der Waals surface area contributed by atoms with Gasteiger partial charge in [-0.25, -0.2) is 0 Å². The van der Waals surface area contributed by atoms with Gasteiger partial charge in [0, 0.05) is 43.5 Å². The SMILES string of the molecule is CCC(C)C(=O)N1CCN(c2cccc(N)c2)CC1. The summed E-state index contributed by atoms with van der Waals surface area (Å²) in [5, 5.41) is 0. The molecule has 2 N–H and O–H groups in total. The zero-order valence-corrected chi connectivity index (χ0v) is 11.8. The summed E-state index contributed by atoms with van der Waals surface area (Å²) in [6.45, 7) is 7.44. The van der Waals surface area contributed by atoms with E-state index in [1.807, 2.05) is 30.0 Å². The smallest absolute Gasteiger partial charge is 0.225 e. The van der Waals surface area contributed by atoms with E-state index in [0.29, 0.717) is 0 Å². The lowest BCUT2D eigenvalue weighted by molar-refractivity contribution is -0.135. The first-order chi connectivity index (χ1) is 9.11. The Morgan fingerprint density at radius 3 is 2.58 bits per heavy atom. The van der Waals surface area contributed by atoms with Crippen molar-refractivity contribution in [2.45, 2.75) is 20.3 Å². The van der Waals surface area contributed by atoms with Gasteiger partial charge in [-0.3, -0.25) is 4.79 Å². The number of hydrogen-bond acceptors (Lipinski definition) is 3. The molecule has 1 fully saturated rings. The van der Waals surface area contributed by atoms with Crippen LogP contribution in [0.4, 0.5) is 11.4 Å². The first-order valence-electron chi connectivity index (χ1n) is 7.01. The van der Waals surface area contributed by atoms with Crippen LogP contribution in [0.5, 0.6) is 0 Å². The number of nitrogens with zero attached hydrogens (tertiary/aromatic N) is 2. The first-order valence-corrected chi connectivity index (χ1v) is 7.01. The molecule has 1 heterocycles. The highest BCUT2D eigenvalue weighted by molar-refractivity contribution is 5.78. The summed E-state index contributed by atoms with van der Waals surface area (Å²) in [6.07, 6.45) is 0.911. The predicted octanol–water partition coefficient (Wildman–Crippen LogP) is 1.96. The second-order valence-electron chi connectivity index (χ2n) is 5.22. The predicted molar refractivity (Wildman–Crippen MR) is 79.1 cm³/mol. The Kier molecular flexibility index (Phi) is 4.30. The van der Waals surface area contributed by atoms with Crippen LogP contribution < -0.4 is 10.6 Å². The van der Waals surface area contributed by atoms with Gasteiger partial charge < -0.3 is 15.5 Å². The molecule has 0 aliphatic carbocycles. The third-order valence-electron chi connectivity index (χ3n) is 3.86. The molecule has 0 radical (unpaired) electrons. The summed E-state index contributed by atoms with van der Waals surface area (Å²) in [7, 11) is 0. The molecule has 1 aromatic rings. The Morgan fingerprint density at radius 1 is 1.32 bits per heavy atom. The van der Waals surface area contributed by atoms with Crippen LogP contribution in [-0.4, -0.2) is 37.0 Å². The van der Waals surface area contributed by atoms with Crippen molar-refractivity contribution in [3.05, 3.63) is 24.3 Å². The summed E-state index contributed by atoms with van der Waals surface area (Å²) < 4.78 is 0. The summed E-state index contributed by atoms with van der Waals surface area (Å²) >= 11 is 0. The number of hydrogen-bond donors (Lipinski definition) is 1. The molecule has 1 saturated heterocycles. The minimum Gasteiger partial charge on any atom is -0.399 e. The van der Waals surface area contributed by atoms with Crippen molar-refractivity contribution in [2.24, 2.45) is 5.92 Å². The number of nitrogens with two attached hydrogens (primary N) is 1. The van der Waals surface area contributed by atoms with E-state index in [9.17, 15) is 4.79 Å². The molecule has 1 aromatic carbocycles. The minimum atomic E-state index is 0.138. The van der Waals surface area contributed by atoms with Crippen LogP contribution in [-0.2, 0) is 4.79 Å². The highest BCUT2D eigenvalue weighted by Gasteiger charge is 2.23. The Hall–Kier alpha value is -1.71. The number of carbonyl (C=O) groups excluding carboxylic acids is 1. The fourth-order valence-corrected chi connectivity index (χ4v) is 2.39. The first kappa shape index (κ1) is 13.7. The number of carbonyl (C=O) groups is 1. The molecule has 104 valence electrons. The maximum Gasteiger partial charge on any atom is 0.225 e. The van der Waals surface area contributed by atoms with Gasteiger partial charge in [-0.15, -0.1) is 0 Å². The number of nitrogen functional groups attached to an aromatic ring is 1. The molecule has 1 atom stereocenters. The standard InChI is InChI=1S/C15H23N3O/c1-3-12(2)15(19)18-9-7-17(8-10-18)14-6-4-5-13(16)11-14/h4-6,11-12H,3,7-10,16H2,1-2H3. The monoisotopic (exact) mass is 261 g/mol. The Morgan fingerprint density at radius 2 is 2.00 bits per heavy atom. The second-order valence-corrected chi connectivity index (χ2v) is 5.22. The average Bonchev–Trinajstić information content (AvgIpc) is 2.46. The molecule has 4 heteroatoms. The van der Waals surface area contributed by atoms with Crippen LogP contribution in [0.2, 0.25) is 0 Å². The molecule has 19 heavy (non-hydrogen) atoms. The van der Waals surface area contributed by atoms with Crippen molar-refractivity contribution in [2.75, 3.05) is 36.8 Å². The lowest BCUT2D eigenvalue weighted by Gasteiger charge is -2.37. The third-order valence-corrected chi connectivity index (χ3v) is 3.86. The summed E-state index contributed by atoms with van der Waals surface area (Å²) in [5.74, 6) is 0.425. The zero-order valence-electron chi connectivity index (χ0n) is 11.8. The zero-order chi connectivity index (χ0) is 13.8. The molecule has 0 saturated carbocycles. The molecular formula is C15H23N3O. The van der Waals surface area contributed by atoms with Gasteiger partial charge in [-0.1, -0.05) is 19.9 Å². The third kappa shape index (κ3) is 3.19. The quantitative estimate of drug-likeness (QED) is 0.846. The van der Waals surface area contributed by atoms with Crippen molar-refractivity contribution in [1.29, 1.82) is 0 Å². The van der Waals surface area contributed by atoms with Crippen molar-refractivity contribution < 1.29 is 4.79 Å². The van der Waals surface area contributed by atoms with Crippen LogP contribution in [0.25, 0.3) is 0 Å². The van der Waals surface area contributed by atoms with Crippen LogP contribution in [0, 0.1) is 5.92 Å². The van der Waals surface area contributed by atoms with E-state index in [1.165, 1.54) is 0 Å². The van der Waals surface area contributed by atoms with Crippen LogP contribution in [0.1, 0.15) is 20.3 Å². The number of anilines is 2. The van der Waals surface area contributed by atoms with E-state index >= 15 is 0 Å². The van der Waals surface area contributed by atoms with Gasteiger partial charge in [0.2, 0.25) is 5.91 Å². The van der Waals surface area contributed by atoms with Gasteiger partial charge in [-0.2, -0.15) is 0 Å². The summed E-state index contributed by atoms with van der Waals surface area (Å²) in [6, 6.07) is 7.93. The van der Waals surface area contributed by atoms with Gasteiger partial charge in [-0.05, 0) is 24.6 Å². The number of amides is 1. The van der Waals surface area contributed by atoms with Gasteiger partial charge in [0.15, 0.2) is 0 Å². The molecule has 0 aromatic heterocycles. The molecule has 0 bridgehead atoms. The largest absolute Gasteiger partial charge is 0.399 e. The van der Waals surface area contributed by atoms with Crippen LogP contribution in [0.15, 0.2) is 24.3 Å². The fourth-order valence-electron chi connectivity index (χ4n) is 2.39. The average molecular weight is 261 g/mol. The van der Waals surface area contributed by atoms with E-state index in [-0.39, 0.29) is 11.8 Å². The second kappa shape index (κ2) is 5.95. The van der Waals surface area contributed by atoms with Gasteiger partial charge in [0.25, 0.3) is 0 Å². The van der Waals surface area contributed by atoms with E-state index in [2.05, 4.69) is 17.9 Å². The van der Waals surface area contributed by atoms with E-state index in [4.69, 9.17) is 5.73 Å². The van der Waals surface area contributed by atoms with E-state index in [1.54, 1.807) is 0 Å². The maximum absolute atomic E-state index is 12.1. The normalized spacial score (nSPS) is 17.4. The molecule has 0 spiro atoms.